The Labute approximate surface area is 108 Å². The standard InChI is InChI=1S/C15H18N2O/c1-11-9-12(6-7-14(11)18-3)15(16-2)13-5-4-8-17-10-13/h4-10,15-16H,1-3H3. The van der Waals surface area contributed by atoms with Gasteiger partial charge in [-0.1, -0.05) is 18.2 Å². The van der Waals surface area contributed by atoms with E-state index in [0.29, 0.717) is 0 Å². The average molecular weight is 242 g/mol. The van der Waals surface area contributed by atoms with Crippen LogP contribution in [0.25, 0.3) is 0 Å². The zero-order chi connectivity index (χ0) is 13.0. The number of pyridine rings is 1. The minimum atomic E-state index is 0.156. The minimum absolute atomic E-state index is 0.156. The second-order valence-electron chi connectivity index (χ2n) is 4.24. The van der Waals surface area contributed by atoms with Gasteiger partial charge in [0.15, 0.2) is 0 Å². The highest BCUT2D eigenvalue weighted by Gasteiger charge is 2.12. The fourth-order valence-corrected chi connectivity index (χ4v) is 2.15. The number of aromatic nitrogens is 1. The first-order valence-corrected chi connectivity index (χ1v) is 5.98. The summed E-state index contributed by atoms with van der Waals surface area (Å²) in [6, 6.07) is 10.4. The van der Waals surface area contributed by atoms with Gasteiger partial charge in [-0.3, -0.25) is 4.98 Å². The molecule has 18 heavy (non-hydrogen) atoms. The summed E-state index contributed by atoms with van der Waals surface area (Å²) in [5.74, 6) is 0.916. The summed E-state index contributed by atoms with van der Waals surface area (Å²) < 4.78 is 5.29. The summed E-state index contributed by atoms with van der Waals surface area (Å²) >= 11 is 0. The Morgan fingerprint density at radius 2 is 2.06 bits per heavy atom. The predicted molar refractivity (Wildman–Crippen MR) is 72.9 cm³/mol. The molecule has 0 aliphatic heterocycles. The fraction of sp³-hybridized carbons (Fsp3) is 0.267. The molecule has 1 heterocycles. The van der Waals surface area contributed by atoms with Gasteiger partial charge in [-0.2, -0.15) is 0 Å². The van der Waals surface area contributed by atoms with Crippen molar-refractivity contribution in [1.82, 2.24) is 10.3 Å². The molecule has 3 heteroatoms. The van der Waals surface area contributed by atoms with E-state index < -0.39 is 0 Å². The van der Waals surface area contributed by atoms with E-state index in [1.807, 2.05) is 25.4 Å². The number of methoxy groups -OCH3 is 1. The zero-order valence-corrected chi connectivity index (χ0v) is 11.0. The van der Waals surface area contributed by atoms with Crippen LogP contribution in [0.2, 0.25) is 0 Å². The molecule has 0 aliphatic carbocycles. The molecule has 3 nitrogen and oxygen atoms in total. The molecule has 0 amide bonds. The SMILES string of the molecule is CNC(c1cccnc1)c1ccc(OC)c(C)c1. The number of ether oxygens (including phenoxy) is 1. The minimum Gasteiger partial charge on any atom is -0.496 e. The van der Waals surface area contributed by atoms with Crippen molar-refractivity contribution in [3.05, 3.63) is 59.4 Å². The van der Waals surface area contributed by atoms with Crippen LogP contribution in [0.3, 0.4) is 0 Å². The molecular weight excluding hydrogens is 224 g/mol. The number of nitrogens with one attached hydrogen (secondary N) is 1. The highest BCUT2D eigenvalue weighted by atomic mass is 16.5. The normalized spacial score (nSPS) is 12.2. The molecule has 0 saturated carbocycles. The van der Waals surface area contributed by atoms with Crippen molar-refractivity contribution in [3.63, 3.8) is 0 Å². The molecular formula is C15H18N2O. The largest absolute Gasteiger partial charge is 0.496 e. The van der Waals surface area contributed by atoms with Crippen molar-refractivity contribution in [2.24, 2.45) is 0 Å². The fourth-order valence-electron chi connectivity index (χ4n) is 2.15. The van der Waals surface area contributed by atoms with E-state index >= 15 is 0 Å². The van der Waals surface area contributed by atoms with Gasteiger partial charge in [-0.15, -0.1) is 0 Å². The van der Waals surface area contributed by atoms with Gasteiger partial charge in [-0.05, 0) is 42.8 Å². The number of nitrogens with zero attached hydrogens (tertiary/aromatic N) is 1. The van der Waals surface area contributed by atoms with Crippen LogP contribution in [0.5, 0.6) is 5.75 Å². The van der Waals surface area contributed by atoms with Crippen LogP contribution < -0.4 is 10.1 Å². The third-order valence-corrected chi connectivity index (χ3v) is 3.06. The topological polar surface area (TPSA) is 34.2 Å². The molecule has 1 unspecified atom stereocenters. The van der Waals surface area contributed by atoms with E-state index in [0.717, 1.165) is 16.9 Å². The Morgan fingerprint density at radius 3 is 2.61 bits per heavy atom. The van der Waals surface area contributed by atoms with Crippen molar-refractivity contribution < 1.29 is 4.74 Å². The van der Waals surface area contributed by atoms with Crippen LogP contribution in [0.15, 0.2) is 42.7 Å². The summed E-state index contributed by atoms with van der Waals surface area (Å²) in [5, 5.41) is 3.32. The van der Waals surface area contributed by atoms with Gasteiger partial charge in [0.25, 0.3) is 0 Å². The monoisotopic (exact) mass is 242 g/mol. The van der Waals surface area contributed by atoms with Crippen LogP contribution in [-0.2, 0) is 0 Å². The molecule has 1 aromatic heterocycles. The predicted octanol–water partition coefficient (Wildman–Crippen LogP) is 2.71. The molecule has 0 bridgehead atoms. The molecule has 94 valence electrons. The zero-order valence-electron chi connectivity index (χ0n) is 11.0. The number of rotatable bonds is 4. The quantitative estimate of drug-likeness (QED) is 0.895. The first-order chi connectivity index (χ1) is 8.76. The summed E-state index contributed by atoms with van der Waals surface area (Å²) in [7, 11) is 3.65. The lowest BCUT2D eigenvalue weighted by molar-refractivity contribution is 0.411. The van der Waals surface area contributed by atoms with E-state index in [1.165, 1.54) is 5.56 Å². The summed E-state index contributed by atoms with van der Waals surface area (Å²) in [5.41, 5.74) is 3.51. The molecule has 0 radical (unpaired) electrons. The maximum Gasteiger partial charge on any atom is 0.121 e. The molecule has 0 fully saturated rings. The van der Waals surface area contributed by atoms with Gasteiger partial charge in [0.2, 0.25) is 0 Å². The molecule has 1 aromatic carbocycles. The maximum absolute atomic E-state index is 5.29. The van der Waals surface area contributed by atoms with Gasteiger partial charge >= 0.3 is 0 Å². The first kappa shape index (κ1) is 12.6. The van der Waals surface area contributed by atoms with E-state index in [9.17, 15) is 0 Å². The van der Waals surface area contributed by atoms with E-state index in [2.05, 4.69) is 35.4 Å². The van der Waals surface area contributed by atoms with Gasteiger partial charge in [0.05, 0.1) is 13.2 Å². The lowest BCUT2D eigenvalue weighted by atomic mass is 9.98. The average Bonchev–Trinajstić information content (AvgIpc) is 2.41. The molecule has 0 saturated heterocycles. The van der Waals surface area contributed by atoms with Crippen molar-refractivity contribution in [1.29, 1.82) is 0 Å². The summed E-state index contributed by atoms with van der Waals surface area (Å²) in [6.45, 7) is 2.05. The molecule has 0 aliphatic rings. The summed E-state index contributed by atoms with van der Waals surface area (Å²) in [6.07, 6.45) is 3.68. The Bertz CT molecular complexity index is 511. The van der Waals surface area contributed by atoms with Crippen LogP contribution in [0.1, 0.15) is 22.7 Å². The van der Waals surface area contributed by atoms with E-state index in [-0.39, 0.29) is 6.04 Å². The van der Waals surface area contributed by atoms with Crippen molar-refractivity contribution in [2.75, 3.05) is 14.2 Å². The lowest BCUT2D eigenvalue weighted by Crippen LogP contribution is -2.17. The number of aryl methyl sites for hydroxylation is 1. The number of benzene rings is 1. The van der Waals surface area contributed by atoms with Crippen LogP contribution in [-0.4, -0.2) is 19.1 Å². The van der Waals surface area contributed by atoms with Gasteiger partial charge in [-0.25, -0.2) is 0 Å². The maximum atomic E-state index is 5.29. The Morgan fingerprint density at radius 1 is 1.22 bits per heavy atom. The van der Waals surface area contributed by atoms with Crippen molar-refractivity contribution in [2.45, 2.75) is 13.0 Å². The van der Waals surface area contributed by atoms with Crippen LogP contribution >= 0.6 is 0 Å². The smallest absolute Gasteiger partial charge is 0.121 e. The first-order valence-electron chi connectivity index (χ1n) is 5.98. The van der Waals surface area contributed by atoms with Gasteiger partial charge in [0, 0.05) is 12.4 Å². The molecule has 1 N–H and O–H groups in total. The molecule has 1 atom stereocenters. The molecule has 2 aromatic rings. The van der Waals surface area contributed by atoms with Crippen molar-refractivity contribution >= 4 is 0 Å². The number of hydrogen-bond acceptors (Lipinski definition) is 3. The lowest BCUT2D eigenvalue weighted by Gasteiger charge is -2.18. The van der Waals surface area contributed by atoms with E-state index in [4.69, 9.17) is 4.74 Å². The highest BCUT2D eigenvalue weighted by Crippen LogP contribution is 2.26. The van der Waals surface area contributed by atoms with Crippen LogP contribution in [0, 0.1) is 6.92 Å². The molecule has 2 rings (SSSR count). The third-order valence-electron chi connectivity index (χ3n) is 3.06. The van der Waals surface area contributed by atoms with Crippen LogP contribution in [0.4, 0.5) is 0 Å². The highest BCUT2D eigenvalue weighted by molar-refractivity contribution is 5.40. The second-order valence-corrected chi connectivity index (χ2v) is 4.24. The second kappa shape index (κ2) is 5.65. The Hall–Kier alpha value is -1.87. The Balaban J connectivity index is 2.37. The van der Waals surface area contributed by atoms with Gasteiger partial charge < -0.3 is 10.1 Å². The Kier molecular flexibility index (Phi) is 3.95. The van der Waals surface area contributed by atoms with E-state index in [1.54, 1.807) is 13.3 Å². The van der Waals surface area contributed by atoms with Crippen molar-refractivity contribution in [3.8, 4) is 5.75 Å². The third kappa shape index (κ3) is 2.51. The van der Waals surface area contributed by atoms with Gasteiger partial charge in [0.1, 0.15) is 5.75 Å². The number of hydrogen-bond donors (Lipinski definition) is 1. The summed E-state index contributed by atoms with van der Waals surface area (Å²) in [4.78, 5) is 4.17. The molecule has 0 spiro atoms.